The van der Waals surface area contributed by atoms with Crippen molar-refractivity contribution in [3.05, 3.63) is 80.6 Å². The number of benzene rings is 2. The Morgan fingerprint density at radius 3 is 2.36 bits per heavy atom. The zero-order chi connectivity index (χ0) is 19.7. The molecule has 1 aromatic heterocycles. The average molecular weight is 395 g/mol. The standard InChI is InChI=1S/C23H23ClN2O2/c1-2-15-13-18-14-17(5-8-21(18)25-23(15)28)22(16-3-6-19(24)7-4-16)26-11-9-20(27)10-12-26/h3-8,13-14,22H,2,9-12H2,1H3,(H,25,28). The molecular formula is C23H23ClN2O2. The Balaban J connectivity index is 1.81. The van der Waals surface area contributed by atoms with E-state index in [2.05, 4.69) is 34.1 Å². The second-order valence-corrected chi connectivity index (χ2v) is 7.79. The van der Waals surface area contributed by atoms with Gasteiger partial charge in [-0.3, -0.25) is 14.5 Å². The molecule has 0 spiro atoms. The number of nitrogens with zero attached hydrogens (tertiary/aromatic N) is 1. The molecule has 144 valence electrons. The summed E-state index contributed by atoms with van der Waals surface area (Å²) in [6.45, 7) is 3.48. The Bertz CT molecular complexity index is 1060. The van der Waals surface area contributed by atoms with E-state index in [9.17, 15) is 9.59 Å². The molecule has 28 heavy (non-hydrogen) atoms. The fraction of sp³-hybridized carbons (Fsp3) is 0.304. The number of piperidine rings is 1. The molecule has 5 heteroatoms. The van der Waals surface area contributed by atoms with Gasteiger partial charge in [-0.15, -0.1) is 0 Å². The molecule has 0 saturated carbocycles. The lowest BCUT2D eigenvalue weighted by Gasteiger charge is -2.35. The number of aryl methyl sites for hydroxylation is 1. The predicted molar refractivity (Wildman–Crippen MR) is 113 cm³/mol. The van der Waals surface area contributed by atoms with Crippen LogP contribution >= 0.6 is 11.6 Å². The summed E-state index contributed by atoms with van der Waals surface area (Å²) >= 11 is 6.10. The third-order valence-electron chi connectivity index (χ3n) is 5.55. The number of likely N-dealkylation sites (tertiary alicyclic amines) is 1. The molecule has 1 N–H and O–H groups in total. The first kappa shape index (κ1) is 18.9. The van der Waals surface area contributed by atoms with Crippen molar-refractivity contribution in [1.29, 1.82) is 0 Å². The number of nitrogens with one attached hydrogen (secondary N) is 1. The van der Waals surface area contributed by atoms with Gasteiger partial charge in [0.2, 0.25) is 0 Å². The molecule has 3 aromatic rings. The van der Waals surface area contributed by atoms with Gasteiger partial charge in [0, 0.05) is 42.0 Å². The van der Waals surface area contributed by atoms with Crippen molar-refractivity contribution in [2.75, 3.05) is 13.1 Å². The fourth-order valence-corrected chi connectivity index (χ4v) is 4.12. The van der Waals surface area contributed by atoms with Gasteiger partial charge in [0.1, 0.15) is 5.78 Å². The van der Waals surface area contributed by atoms with Gasteiger partial charge < -0.3 is 4.98 Å². The smallest absolute Gasteiger partial charge is 0.251 e. The summed E-state index contributed by atoms with van der Waals surface area (Å²) in [6.07, 6.45) is 1.88. The number of carbonyl (C=O) groups is 1. The van der Waals surface area contributed by atoms with E-state index in [0.717, 1.165) is 40.7 Å². The highest BCUT2D eigenvalue weighted by atomic mass is 35.5. The molecule has 1 aliphatic rings. The number of fused-ring (bicyclic) bond motifs is 1. The zero-order valence-electron chi connectivity index (χ0n) is 15.9. The van der Waals surface area contributed by atoms with Gasteiger partial charge in [-0.25, -0.2) is 0 Å². The van der Waals surface area contributed by atoms with E-state index in [1.807, 2.05) is 31.2 Å². The van der Waals surface area contributed by atoms with Gasteiger partial charge >= 0.3 is 0 Å². The minimum Gasteiger partial charge on any atom is -0.322 e. The second-order valence-electron chi connectivity index (χ2n) is 7.35. The van der Waals surface area contributed by atoms with E-state index >= 15 is 0 Å². The molecule has 4 rings (SSSR count). The van der Waals surface area contributed by atoms with Gasteiger partial charge in [0.25, 0.3) is 5.56 Å². The molecule has 0 aliphatic carbocycles. The Labute approximate surface area is 169 Å². The molecule has 1 saturated heterocycles. The normalized spacial score (nSPS) is 16.4. The van der Waals surface area contributed by atoms with Crippen molar-refractivity contribution in [3.63, 3.8) is 0 Å². The Morgan fingerprint density at radius 2 is 1.68 bits per heavy atom. The molecule has 4 nitrogen and oxygen atoms in total. The maximum Gasteiger partial charge on any atom is 0.251 e. The number of aromatic amines is 1. The molecule has 0 amide bonds. The van der Waals surface area contributed by atoms with Crippen LogP contribution in [-0.2, 0) is 11.2 Å². The number of pyridine rings is 1. The number of ketones is 1. The summed E-state index contributed by atoms with van der Waals surface area (Å²) in [7, 11) is 0. The van der Waals surface area contributed by atoms with Crippen molar-refractivity contribution in [2.24, 2.45) is 0 Å². The van der Waals surface area contributed by atoms with Crippen molar-refractivity contribution in [2.45, 2.75) is 32.2 Å². The van der Waals surface area contributed by atoms with E-state index in [4.69, 9.17) is 11.6 Å². The van der Waals surface area contributed by atoms with Gasteiger partial charge in [0.05, 0.1) is 6.04 Å². The van der Waals surface area contributed by atoms with E-state index in [1.54, 1.807) is 0 Å². The lowest BCUT2D eigenvalue weighted by atomic mass is 9.93. The first-order chi connectivity index (χ1) is 13.5. The topological polar surface area (TPSA) is 53.2 Å². The molecule has 1 atom stereocenters. The van der Waals surface area contributed by atoms with Crippen LogP contribution in [0.25, 0.3) is 10.9 Å². The van der Waals surface area contributed by atoms with Crippen LogP contribution in [0.1, 0.15) is 42.5 Å². The maximum absolute atomic E-state index is 12.1. The summed E-state index contributed by atoms with van der Waals surface area (Å²) in [5.41, 5.74) is 3.91. The number of Topliss-reactive ketones (excluding diaryl/α,β-unsaturated/α-hetero) is 1. The van der Waals surface area contributed by atoms with Gasteiger partial charge in [0.15, 0.2) is 0 Å². The first-order valence-electron chi connectivity index (χ1n) is 9.72. The summed E-state index contributed by atoms with van der Waals surface area (Å²) < 4.78 is 0. The summed E-state index contributed by atoms with van der Waals surface area (Å²) in [5, 5.41) is 1.74. The maximum atomic E-state index is 12.1. The number of aromatic nitrogens is 1. The van der Waals surface area contributed by atoms with Gasteiger partial charge in [-0.1, -0.05) is 36.7 Å². The molecule has 2 aromatic carbocycles. The quantitative estimate of drug-likeness (QED) is 0.708. The highest BCUT2D eigenvalue weighted by molar-refractivity contribution is 6.30. The number of hydrogen-bond acceptors (Lipinski definition) is 3. The minimum atomic E-state index is -0.0217. The lowest BCUT2D eigenvalue weighted by Crippen LogP contribution is -2.37. The molecule has 0 bridgehead atoms. The molecule has 0 radical (unpaired) electrons. The molecule has 1 fully saturated rings. The summed E-state index contributed by atoms with van der Waals surface area (Å²) in [5.74, 6) is 0.329. The third-order valence-corrected chi connectivity index (χ3v) is 5.80. The lowest BCUT2D eigenvalue weighted by molar-refractivity contribution is -0.121. The van der Waals surface area contributed by atoms with Crippen LogP contribution in [-0.4, -0.2) is 28.8 Å². The SMILES string of the molecule is CCc1cc2cc(C(c3ccc(Cl)cc3)N3CCC(=O)CC3)ccc2[nH]c1=O. The summed E-state index contributed by atoms with van der Waals surface area (Å²) in [6, 6.07) is 16.2. The van der Waals surface area contributed by atoms with Crippen molar-refractivity contribution in [3.8, 4) is 0 Å². The predicted octanol–water partition coefficient (Wildman–Crippen LogP) is 4.50. The first-order valence-corrected chi connectivity index (χ1v) is 10.1. The third kappa shape index (κ3) is 3.75. The van der Waals surface area contributed by atoms with Crippen molar-refractivity contribution >= 4 is 28.3 Å². The van der Waals surface area contributed by atoms with Crippen LogP contribution < -0.4 is 5.56 Å². The monoisotopic (exact) mass is 394 g/mol. The second kappa shape index (κ2) is 7.90. The number of carbonyl (C=O) groups excluding carboxylic acids is 1. The molecular weight excluding hydrogens is 372 g/mol. The van der Waals surface area contributed by atoms with E-state index in [-0.39, 0.29) is 11.6 Å². The van der Waals surface area contributed by atoms with Crippen LogP contribution in [0.4, 0.5) is 0 Å². The van der Waals surface area contributed by atoms with Crippen LogP contribution in [0.2, 0.25) is 5.02 Å². The minimum absolute atomic E-state index is 0.0217. The largest absolute Gasteiger partial charge is 0.322 e. The van der Waals surface area contributed by atoms with E-state index in [1.165, 1.54) is 0 Å². The van der Waals surface area contributed by atoms with Crippen molar-refractivity contribution < 1.29 is 4.79 Å². The van der Waals surface area contributed by atoms with Gasteiger partial charge in [-0.05, 0) is 53.3 Å². The highest BCUT2D eigenvalue weighted by Crippen LogP contribution is 2.32. The molecule has 1 aliphatic heterocycles. The van der Waals surface area contributed by atoms with Crippen LogP contribution in [0, 0.1) is 0 Å². The zero-order valence-corrected chi connectivity index (χ0v) is 16.6. The average Bonchev–Trinajstić information content (AvgIpc) is 2.70. The van der Waals surface area contributed by atoms with E-state index < -0.39 is 0 Å². The van der Waals surface area contributed by atoms with Crippen LogP contribution in [0.5, 0.6) is 0 Å². The van der Waals surface area contributed by atoms with Gasteiger partial charge in [-0.2, -0.15) is 0 Å². The van der Waals surface area contributed by atoms with E-state index in [0.29, 0.717) is 30.1 Å². The summed E-state index contributed by atoms with van der Waals surface area (Å²) in [4.78, 5) is 29.2. The van der Waals surface area contributed by atoms with Crippen LogP contribution in [0.15, 0.2) is 53.3 Å². The fourth-order valence-electron chi connectivity index (χ4n) is 3.99. The Kier molecular flexibility index (Phi) is 5.33. The Morgan fingerprint density at radius 1 is 1.00 bits per heavy atom. The van der Waals surface area contributed by atoms with Crippen LogP contribution in [0.3, 0.4) is 0 Å². The number of hydrogen-bond donors (Lipinski definition) is 1. The number of H-pyrrole nitrogens is 1. The molecule has 1 unspecified atom stereocenters. The van der Waals surface area contributed by atoms with Crippen molar-refractivity contribution in [1.82, 2.24) is 9.88 Å². The number of rotatable bonds is 4. The molecule has 2 heterocycles. The Hall–Kier alpha value is -2.43. The number of halogens is 1. The highest BCUT2D eigenvalue weighted by Gasteiger charge is 2.26.